The second kappa shape index (κ2) is 6.86. The van der Waals surface area contributed by atoms with E-state index in [1.165, 1.54) is 18.2 Å². The van der Waals surface area contributed by atoms with Crippen molar-refractivity contribution < 1.29 is 19.1 Å². The first-order valence-corrected chi connectivity index (χ1v) is 7.67. The molecule has 23 heavy (non-hydrogen) atoms. The lowest BCUT2D eigenvalue weighted by molar-refractivity contribution is -0.136. The normalized spacial score (nSPS) is 16.2. The molecule has 1 aliphatic carbocycles. The summed E-state index contributed by atoms with van der Waals surface area (Å²) in [6, 6.07) is 8.11. The molecule has 1 N–H and O–H groups in total. The highest BCUT2D eigenvalue weighted by Crippen LogP contribution is 2.27. The third kappa shape index (κ3) is 4.58. The van der Waals surface area contributed by atoms with Gasteiger partial charge in [0.25, 0.3) is 0 Å². The maximum atomic E-state index is 12.1. The summed E-state index contributed by atoms with van der Waals surface area (Å²) in [5.74, 6) is -0.551. The van der Waals surface area contributed by atoms with Gasteiger partial charge in [0.15, 0.2) is 0 Å². The molecule has 0 unspecified atom stereocenters. The summed E-state index contributed by atoms with van der Waals surface area (Å²) in [4.78, 5) is 24.1. The Hall–Kier alpha value is -2.30. The zero-order chi connectivity index (χ0) is 17.0. The number of fused-ring (bicyclic) bond motifs is 1. The molecule has 0 atom stereocenters. The number of rotatable bonds is 2. The van der Waals surface area contributed by atoms with E-state index in [-0.39, 0.29) is 5.70 Å². The Balaban J connectivity index is 2.25. The molecule has 0 bridgehead atoms. The number of carbonyl (C=O) groups excluding carboxylic acids is 2. The molecule has 0 saturated carbocycles. The van der Waals surface area contributed by atoms with Gasteiger partial charge in [-0.2, -0.15) is 0 Å². The van der Waals surface area contributed by atoms with Crippen LogP contribution in [-0.4, -0.2) is 24.8 Å². The standard InChI is InChI=1S/C18H23NO4/c1-18(2,3)23-17(21)19-15(16(20)22-4)14-10-9-12-7-5-6-8-13(12)11-14/h5-8H,9-11H2,1-4H3,(H,19,21)/b15-14+. The first kappa shape index (κ1) is 17.1. The molecule has 1 aromatic rings. The molecule has 0 aliphatic heterocycles. The molecular formula is C18H23NO4. The summed E-state index contributed by atoms with van der Waals surface area (Å²) in [7, 11) is 1.30. The monoisotopic (exact) mass is 317 g/mol. The van der Waals surface area contributed by atoms with Crippen LogP contribution < -0.4 is 5.32 Å². The van der Waals surface area contributed by atoms with E-state index in [0.29, 0.717) is 12.8 Å². The molecule has 2 rings (SSSR count). The van der Waals surface area contributed by atoms with Crippen LogP contribution in [-0.2, 0) is 27.1 Å². The SMILES string of the molecule is COC(=O)/C(NC(=O)OC(C)(C)C)=C1/CCc2ccccc2C1. The molecular weight excluding hydrogens is 294 g/mol. The van der Waals surface area contributed by atoms with E-state index in [1.54, 1.807) is 20.8 Å². The van der Waals surface area contributed by atoms with Gasteiger partial charge >= 0.3 is 12.1 Å². The largest absolute Gasteiger partial charge is 0.464 e. The van der Waals surface area contributed by atoms with Crippen molar-refractivity contribution in [3.05, 3.63) is 46.7 Å². The van der Waals surface area contributed by atoms with E-state index in [1.807, 2.05) is 18.2 Å². The van der Waals surface area contributed by atoms with Gasteiger partial charge in [-0.15, -0.1) is 0 Å². The molecule has 5 nitrogen and oxygen atoms in total. The molecule has 0 spiro atoms. The molecule has 0 saturated heterocycles. The minimum Gasteiger partial charge on any atom is -0.464 e. The van der Waals surface area contributed by atoms with E-state index in [2.05, 4.69) is 11.4 Å². The summed E-state index contributed by atoms with van der Waals surface area (Å²) in [5, 5.41) is 2.57. The van der Waals surface area contributed by atoms with Crippen LogP contribution in [0.5, 0.6) is 0 Å². The van der Waals surface area contributed by atoms with Crippen molar-refractivity contribution in [3.8, 4) is 0 Å². The average molecular weight is 317 g/mol. The summed E-state index contributed by atoms with van der Waals surface area (Å²) < 4.78 is 10.0. The molecule has 124 valence electrons. The number of carbonyl (C=O) groups is 2. The van der Waals surface area contributed by atoms with Crippen LogP contribution in [0.1, 0.15) is 38.3 Å². The molecule has 5 heteroatoms. The number of nitrogens with one attached hydrogen (secondary N) is 1. The van der Waals surface area contributed by atoms with Gasteiger partial charge in [-0.25, -0.2) is 9.59 Å². The predicted octanol–water partition coefficient (Wildman–Crippen LogP) is 3.13. The quantitative estimate of drug-likeness (QED) is 0.672. The fourth-order valence-corrected chi connectivity index (χ4v) is 2.58. The zero-order valence-electron chi connectivity index (χ0n) is 14.1. The van der Waals surface area contributed by atoms with Crippen molar-refractivity contribution in [1.82, 2.24) is 5.32 Å². The van der Waals surface area contributed by atoms with E-state index >= 15 is 0 Å². The van der Waals surface area contributed by atoms with Crippen molar-refractivity contribution in [1.29, 1.82) is 0 Å². The van der Waals surface area contributed by atoms with Crippen molar-refractivity contribution in [2.45, 2.75) is 45.6 Å². The number of alkyl carbamates (subject to hydrolysis) is 1. The van der Waals surface area contributed by atoms with E-state index in [0.717, 1.165) is 12.0 Å². The summed E-state index contributed by atoms with van der Waals surface area (Å²) in [6.45, 7) is 5.32. The maximum Gasteiger partial charge on any atom is 0.412 e. The number of aryl methyl sites for hydroxylation is 1. The number of hydrogen-bond donors (Lipinski definition) is 1. The Morgan fingerprint density at radius 2 is 1.74 bits per heavy atom. The van der Waals surface area contributed by atoms with Crippen molar-refractivity contribution in [2.75, 3.05) is 7.11 Å². The lowest BCUT2D eigenvalue weighted by Crippen LogP contribution is -2.35. The molecule has 1 aromatic carbocycles. The molecule has 0 fully saturated rings. The Morgan fingerprint density at radius 1 is 1.09 bits per heavy atom. The van der Waals surface area contributed by atoms with Gasteiger partial charge < -0.3 is 9.47 Å². The van der Waals surface area contributed by atoms with E-state index in [4.69, 9.17) is 9.47 Å². The van der Waals surface area contributed by atoms with Crippen LogP contribution in [0.3, 0.4) is 0 Å². The van der Waals surface area contributed by atoms with Crippen LogP contribution in [0.25, 0.3) is 0 Å². The third-order valence-corrected chi connectivity index (χ3v) is 3.59. The first-order valence-electron chi connectivity index (χ1n) is 7.67. The van der Waals surface area contributed by atoms with E-state index in [9.17, 15) is 9.59 Å². The number of amides is 1. The highest BCUT2D eigenvalue weighted by atomic mass is 16.6. The molecule has 1 amide bonds. The van der Waals surface area contributed by atoms with Crippen molar-refractivity contribution in [2.24, 2.45) is 0 Å². The number of hydrogen-bond acceptors (Lipinski definition) is 4. The highest BCUT2D eigenvalue weighted by molar-refractivity contribution is 5.93. The van der Waals surface area contributed by atoms with Crippen LogP contribution in [0.4, 0.5) is 4.79 Å². The average Bonchev–Trinajstić information content (AvgIpc) is 2.49. The van der Waals surface area contributed by atoms with Crippen LogP contribution in [0, 0.1) is 0 Å². The second-order valence-electron chi connectivity index (χ2n) is 6.54. The topological polar surface area (TPSA) is 64.6 Å². The van der Waals surface area contributed by atoms with Gasteiger partial charge in [0.1, 0.15) is 11.3 Å². The lowest BCUT2D eigenvalue weighted by Gasteiger charge is -2.23. The fraction of sp³-hybridized carbons (Fsp3) is 0.444. The summed E-state index contributed by atoms with van der Waals surface area (Å²) >= 11 is 0. The van der Waals surface area contributed by atoms with Crippen LogP contribution in [0.15, 0.2) is 35.5 Å². The van der Waals surface area contributed by atoms with Gasteiger partial charge in [0, 0.05) is 0 Å². The van der Waals surface area contributed by atoms with Gasteiger partial charge in [-0.1, -0.05) is 24.3 Å². The second-order valence-corrected chi connectivity index (χ2v) is 6.54. The van der Waals surface area contributed by atoms with Crippen LogP contribution in [0.2, 0.25) is 0 Å². The Labute approximate surface area is 136 Å². The minimum absolute atomic E-state index is 0.191. The first-order chi connectivity index (χ1) is 10.8. The Morgan fingerprint density at radius 3 is 2.35 bits per heavy atom. The lowest BCUT2D eigenvalue weighted by atomic mass is 9.87. The smallest absolute Gasteiger partial charge is 0.412 e. The minimum atomic E-state index is -0.649. The van der Waals surface area contributed by atoms with Gasteiger partial charge in [-0.05, 0) is 56.7 Å². The number of ether oxygens (including phenoxy) is 2. The van der Waals surface area contributed by atoms with Crippen molar-refractivity contribution >= 4 is 12.1 Å². The zero-order valence-corrected chi connectivity index (χ0v) is 14.1. The molecule has 0 radical (unpaired) electrons. The van der Waals surface area contributed by atoms with Gasteiger partial charge in [0.05, 0.1) is 7.11 Å². The maximum absolute atomic E-state index is 12.1. The highest BCUT2D eigenvalue weighted by Gasteiger charge is 2.25. The molecule has 0 heterocycles. The predicted molar refractivity (Wildman–Crippen MR) is 86.9 cm³/mol. The van der Waals surface area contributed by atoms with Gasteiger partial charge in [0.2, 0.25) is 0 Å². The molecule has 1 aliphatic rings. The summed E-state index contributed by atoms with van der Waals surface area (Å²) in [5.41, 5.74) is 2.87. The number of methoxy groups -OCH3 is 1. The Bertz CT molecular complexity index is 641. The molecule has 0 aromatic heterocycles. The summed E-state index contributed by atoms with van der Waals surface area (Å²) in [6.07, 6.45) is 1.51. The third-order valence-electron chi connectivity index (χ3n) is 3.59. The van der Waals surface area contributed by atoms with Gasteiger partial charge in [-0.3, -0.25) is 5.32 Å². The fourth-order valence-electron chi connectivity index (χ4n) is 2.58. The van der Waals surface area contributed by atoms with Crippen molar-refractivity contribution in [3.63, 3.8) is 0 Å². The van der Waals surface area contributed by atoms with E-state index < -0.39 is 17.7 Å². The van der Waals surface area contributed by atoms with Crippen LogP contribution >= 0.6 is 0 Å². The number of benzene rings is 1. The Kier molecular flexibility index (Phi) is 5.08. The number of allylic oxidation sites excluding steroid dienone is 1. The number of esters is 1.